The second-order valence-electron chi connectivity index (χ2n) is 3.34. The molecule has 0 radical (unpaired) electrons. The zero-order chi connectivity index (χ0) is 8.10. The minimum atomic E-state index is 0.294. The van der Waals surface area contributed by atoms with Gasteiger partial charge in [0.2, 0.25) is 0 Å². The maximum Gasteiger partial charge on any atom is 0.136 e. The lowest BCUT2D eigenvalue weighted by atomic mass is 9.95. The van der Waals surface area contributed by atoms with E-state index in [1.807, 2.05) is 0 Å². The topological polar surface area (TPSA) is 43.1 Å². The summed E-state index contributed by atoms with van der Waals surface area (Å²) in [4.78, 5) is 11.3. The molecule has 1 fully saturated rings. The van der Waals surface area contributed by atoms with Crippen LogP contribution in [0.5, 0.6) is 0 Å². The van der Waals surface area contributed by atoms with Crippen molar-refractivity contribution in [3.05, 3.63) is 0 Å². The van der Waals surface area contributed by atoms with Gasteiger partial charge in [-0.1, -0.05) is 12.8 Å². The summed E-state index contributed by atoms with van der Waals surface area (Å²) in [6, 6.07) is 0. The Morgan fingerprint density at radius 3 is 2.91 bits per heavy atom. The van der Waals surface area contributed by atoms with E-state index in [9.17, 15) is 4.79 Å². The number of Topliss-reactive ketones (excluding diaryl/α,β-unsaturated/α-hetero) is 1. The van der Waals surface area contributed by atoms with Gasteiger partial charge in [-0.2, -0.15) is 0 Å². The first kappa shape index (κ1) is 8.72. The van der Waals surface area contributed by atoms with Gasteiger partial charge in [0.15, 0.2) is 0 Å². The van der Waals surface area contributed by atoms with Crippen molar-refractivity contribution in [2.45, 2.75) is 38.5 Å². The highest BCUT2D eigenvalue weighted by Gasteiger charge is 2.19. The van der Waals surface area contributed by atoms with Crippen LogP contribution in [0.15, 0.2) is 0 Å². The molecule has 1 rings (SSSR count). The van der Waals surface area contributed by atoms with Crippen LogP contribution in [0.2, 0.25) is 0 Å². The summed E-state index contributed by atoms with van der Waals surface area (Å²) in [6.45, 7) is 0.663. The monoisotopic (exact) mass is 155 g/mol. The number of carbonyl (C=O) groups excluding carboxylic acids is 1. The lowest BCUT2D eigenvalue weighted by molar-refractivity contribution is -0.122. The molecule has 2 heteroatoms. The van der Waals surface area contributed by atoms with Gasteiger partial charge in [-0.3, -0.25) is 4.79 Å². The lowest BCUT2D eigenvalue weighted by Gasteiger charge is -2.09. The molecule has 1 aliphatic rings. The molecule has 64 valence electrons. The van der Waals surface area contributed by atoms with Crippen molar-refractivity contribution in [3.8, 4) is 0 Å². The molecule has 11 heavy (non-hydrogen) atoms. The zero-order valence-electron chi connectivity index (χ0n) is 7.01. The van der Waals surface area contributed by atoms with Crippen LogP contribution in [0.4, 0.5) is 0 Å². The standard InChI is InChI=1S/C9H17NO/c10-7-6-8-4-2-1-3-5-9(8)11/h8H,1-7,10H2. The number of hydrogen-bond acceptors (Lipinski definition) is 2. The Kier molecular flexibility index (Phi) is 3.57. The van der Waals surface area contributed by atoms with Gasteiger partial charge in [-0.25, -0.2) is 0 Å². The van der Waals surface area contributed by atoms with Gasteiger partial charge in [0.05, 0.1) is 0 Å². The fraction of sp³-hybridized carbons (Fsp3) is 0.889. The molecule has 1 atom stereocenters. The summed E-state index contributed by atoms with van der Waals surface area (Å²) in [5, 5.41) is 0. The second kappa shape index (κ2) is 4.50. The van der Waals surface area contributed by atoms with Crippen molar-refractivity contribution in [1.82, 2.24) is 0 Å². The molecular weight excluding hydrogens is 138 g/mol. The highest BCUT2D eigenvalue weighted by atomic mass is 16.1. The third-order valence-corrected chi connectivity index (χ3v) is 2.45. The van der Waals surface area contributed by atoms with Crippen molar-refractivity contribution in [2.24, 2.45) is 11.7 Å². The summed E-state index contributed by atoms with van der Waals surface area (Å²) < 4.78 is 0. The number of carbonyl (C=O) groups is 1. The van der Waals surface area contributed by atoms with E-state index in [0.29, 0.717) is 18.2 Å². The van der Waals surface area contributed by atoms with E-state index in [0.717, 1.165) is 25.7 Å². The molecule has 0 aromatic rings. The Balaban J connectivity index is 2.39. The first-order valence-corrected chi connectivity index (χ1v) is 4.57. The molecule has 0 aliphatic heterocycles. The molecule has 0 aromatic heterocycles. The average molecular weight is 155 g/mol. The summed E-state index contributed by atoms with van der Waals surface area (Å²) in [5.74, 6) is 0.746. The van der Waals surface area contributed by atoms with Crippen molar-refractivity contribution >= 4 is 5.78 Å². The van der Waals surface area contributed by atoms with E-state index < -0.39 is 0 Å². The highest BCUT2D eigenvalue weighted by molar-refractivity contribution is 5.81. The van der Waals surface area contributed by atoms with Crippen LogP contribution < -0.4 is 5.73 Å². The largest absolute Gasteiger partial charge is 0.330 e. The Labute approximate surface area is 68.2 Å². The van der Waals surface area contributed by atoms with E-state index in [1.165, 1.54) is 12.8 Å². The van der Waals surface area contributed by atoms with Gasteiger partial charge in [0.25, 0.3) is 0 Å². The fourth-order valence-electron chi connectivity index (χ4n) is 1.74. The molecule has 0 heterocycles. The van der Waals surface area contributed by atoms with Crippen LogP contribution in [0.3, 0.4) is 0 Å². The third kappa shape index (κ3) is 2.62. The Morgan fingerprint density at radius 1 is 1.36 bits per heavy atom. The molecule has 0 bridgehead atoms. The van der Waals surface area contributed by atoms with Crippen LogP contribution in [0.1, 0.15) is 38.5 Å². The van der Waals surface area contributed by atoms with E-state index >= 15 is 0 Å². The van der Waals surface area contributed by atoms with Gasteiger partial charge in [0.1, 0.15) is 5.78 Å². The minimum absolute atomic E-state index is 0.294. The molecule has 2 nitrogen and oxygen atoms in total. The van der Waals surface area contributed by atoms with E-state index in [1.54, 1.807) is 0 Å². The number of rotatable bonds is 2. The van der Waals surface area contributed by atoms with Crippen LogP contribution in [-0.2, 0) is 4.79 Å². The smallest absolute Gasteiger partial charge is 0.136 e. The van der Waals surface area contributed by atoms with Gasteiger partial charge in [-0.15, -0.1) is 0 Å². The third-order valence-electron chi connectivity index (χ3n) is 2.45. The van der Waals surface area contributed by atoms with Crippen LogP contribution >= 0.6 is 0 Å². The summed E-state index contributed by atoms with van der Waals surface area (Å²) in [5.41, 5.74) is 5.42. The van der Waals surface area contributed by atoms with Crippen LogP contribution in [0, 0.1) is 5.92 Å². The van der Waals surface area contributed by atoms with E-state index in [4.69, 9.17) is 5.73 Å². The number of nitrogens with two attached hydrogens (primary N) is 1. The average Bonchev–Trinajstić information content (AvgIpc) is 2.18. The molecule has 0 amide bonds. The summed E-state index contributed by atoms with van der Waals surface area (Å²) in [7, 11) is 0. The molecule has 0 aromatic carbocycles. The van der Waals surface area contributed by atoms with Gasteiger partial charge in [-0.05, 0) is 25.8 Å². The maximum atomic E-state index is 11.3. The van der Waals surface area contributed by atoms with Crippen LogP contribution in [-0.4, -0.2) is 12.3 Å². The minimum Gasteiger partial charge on any atom is -0.330 e. The number of ketones is 1. The van der Waals surface area contributed by atoms with E-state index in [2.05, 4.69) is 0 Å². The normalized spacial score (nSPS) is 26.6. The quantitative estimate of drug-likeness (QED) is 0.614. The molecule has 1 aliphatic carbocycles. The molecule has 1 saturated carbocycles. The lowest BCUT2D eigenvalue weighted by Crippen LogP contribution is -2.16. The van der Waals surface area contributed by atoms with Crippen molar-refractivity contribution in [2.75, 3.05) is 6.54 Å². The van der Waals surface area contributed by atoms with Gasteiger partial charge in [0, 0.05) is 12.3 Å². The van der Waals surface area contributed by atoms with Gasteiger partial charge >= 0.3 is 0 Å². The van der Waals surface area contributed by atoms with Crippen LogP contribution in [0.25, 0.3) is 0 Å². The van der Waals surface area contributed by atoms with Crippen molar-refractivity contribution in [1.29, 1.82) is 0 Å². The fourth-order valence-corrected chi connectivity index (χ4v) is 1.74. The molecule has 2 N–H and O–H groups in total. The van der Waals surface area contributed by atoms with E-state index in [-0.39, 0.29) is 0 Å². The number of hydrogen-bond donors (Lipinski definition) is 1. The molecular formula is C9H17NO. The Hall–Kier alpha value is -0.370. The van der Waals surface area contributed by atoms with Gasteiger partial charge < -0.3 is 5.73 Å². The second-order valence-corrected chi connectivity index (χ2v) is 3.34. The highest BCUT2D eigenvalue weighted by Crippen LogP contribution is 2.21. The van der Waals surface area contributed by atoms with Crippen molar-refractivity contribution in [3.63, 3.8) is 0 Å². The first-order chi connectivity index (χ1) is 5.34. The predicted molar refractivity (Wildman–Crippen MR) is 45.3 cm³/mol. The Morgan fingerprint density at radius 2 is 2.18 bits per heavy atom. The Bertz CT molecular complexity index is 134. The zero-order valence-corrected chi connectivity index (χ0v) is 7.01. The maximum absolute atomic E-state index is 11.3. The summed E-state index contributed by atoms with van der Waals surface area (Å²) >= 11 is 0. The first-order valence-electron chi connectivity index (χ1n) is 4.57. The molecule has 0 saturated heterocycles. The molecule has 0 spiro atoms. The summed E-state index contributed by atoms with van der Waals surface area (Å²) in [6.07, 6.45) is 6.32. The predicted octanol–water partition coefficient (Wildman–Crippen LogP) is 1.48. The SMILES string of the molecule is NCCC1CCCCCC1=O. The molecule has 1 unspecified atom stereocenters. The van der Waals surface area contributed by atoms with Crippen molar-refractivity contribution < 1.29 is 4.79 Å².